The summed E-state index contributed by atoms with van der Waals surface area (Å²) in [5, 5.41) is 0. The van der Waals surface area contributed by atoms with Gasteiger partial charge in [-0.2, -0.15) is 0 Å². The highest BCUT2D eigenvalue weighted by Crippen LogP contribution is 2.59. The second-order valence-corrected chi connectivity index (χ2v) is 10.8. The number of ether oxygens (including phenoxy) is 3. The quantitative estimate of drug-likeness (QED) is 0.583. The van der Waals surface area contributed by atoms with Crippen LogP contribution in [0.1, 0.15) is 54.4 Å². The van der Waals surface area contributed by atoms with Crippen LogP contribution >= 0.6 is 0 Å². The standard InChI is InChI=1S/C14H26N2O4.C8H11NO2/c1-13(2,3)19-11(17)15-7-9-16(10-8-15)12(18)20-14(4,5)6;10-5-9-6-1-2-8(6)4-11-3-7(8)9/h7-10H2,1-6H3;5-7H,1-4H2. The molecule has 176 valence electrons. The Morgan fingerprint density at radius 1 is 0.903 bits per heavy atom. The van der Waals surface area contributed by atoms with Gasteiger partial charge >= 0.3 is 12.2 Å². The van der Waals surface area contributed by atoms with E-state index in [2.05, 4.69) is 0 Å². The summed E-state index contributed by atoms with van der Waals surface area (Å²) in [5.41, 5.74) is -0.584. The van der Waals surface area contributed by atoms with Crippen molar-refractivity contribution >= 4 is 18.6 Å². The van der Waals surface area contributed by atoms with Gasteiger partial charge in [0.15, 0.2) is 0 Å². The number of rotatable bonds is 1. The van der Waals surface area contributed by atoms with Crippen LogP contribution in [-0.4, -0.2) is 96.0 Å². The molecule has 4 rings (SSSR count). The van der Waals surface area contributed by atoms with Gasteiger partial charge in [-0.1, -0.05) is 0 Å². The van der Waals surface area contributed by atoms with Crippen LogP contribution in [0.15, 0.2) is 0 Å². The molecular formula is C22H37N3O6. The van der Waals surface area contributed by atoms with E-state index in [1.807, 2.05) is 46.4 Å². The maximum absolute atomic E-state index is 11.9. The predicted molar refractivity (Wildman–Crippen MR) is 114 cm³/mol. The van der Waals surface area contributed by atoms with Gasteiger partial charge in [0.2, 0.25) is 6.41 Å². The van der Waals surface area contributed by atoms with Crippen LogP contribution in [0, 0.1) is 5.41 Å². The van der Waals surface area contributed by atoms with Gasteiger partial charge in [-0.3, -0.25) is 4.79 Å². The zero-order valence-corrected chi connectivity index (χ0v) is 19.7. The molecule has 3 aliphatic heterocycles. The van der Waals surface area contributed by atoms with Crippen molar-refractivity contribution in [2.75, 3.05) is 39.4 Å². The Morgan fingerprint density at radius 2 is 1.39 bits per heavy atom. The molecule has 3 amide bonds. The van der Waals surface area contributed by atoms with Crippen molar-refractivity contribution in [1.29, 1.82) is 0 Å². The van der Waals surface area contributed by atoms with Crippen LogP contribution in [0.3, 0.4) is 0 Å². The van der Waals surface area contributed by atoms with Crippen molar-refractivity contribution in [3.05, 3.63) is 0 Å². The van der Waals surface area contributed by atoms with Gasteiger partial charge in [-0.25, -0.2) is 9.59 Å². The molecule has 3 unspecified atom stereocenters. The highest BCUT2D eigenvalue weighted by molar-refractivity contribution is 5.70. The first-order chi connectivity index (χ1) is 14.4. The molecule has 4 fully saturated rings. The lowest BCUT2D eigenvalue weighted by atomic mass is 9.54. The van der Waals surface area contributed by atoms with Gasteiger partial charge in [-0.05, 0) is 54.4 Å². The molecule has 1 aliphatic carbocycles. The molecule has 9 nitrogen and oxygen atoms in total. The molecule has 4 aliphatic rings. The van der Waals surface area contributed by atoms with E-state index < -0.39 is 11.2 Å². The number of carbonyl (C=O) groups is 3. The third kappa shape index (κ3) is 5.07. The molecule has 1 spiro atoms. The summed E-state index contributed by atoms with van der Waals surface area (Å²) in [6.07, 6.45) is 2.79. The Hall–Kier alpha value is -2.03. The van der Waals surface area contributed by atoms with E-state index in [1.54, 1.807) is 9.80 Å². The third-order valence-corrected chi connectivity index (χ3v) is 6.28. The lowest BCUT2D eigenvalue weighted by molar-refractivity contribution is -0.180. The van der Waals surface area contributed by atoms with Crippen LogP contribution in [0.5, 0.6) is 0 Å². The van der Waals surface area contributed by atoms with Crippen LogP contribution in [0.2, 0.25) is 0 Å². The summed E-state index contributed by atoms with van der Waals surface area (Å²) in [6.45, 7) is 14.5. The molecule has 0 bridgehead atoms. The van der Waals surface area contributed by atoms with Crippen molar-refractivity contribution in [1.82, 2.24) is 14.7 Å². The second kappa shape index (κ2) is 8.48. The fourth-order valence-corrected chi connectivity index (χ4v) is 4.66. The molecular weight excluding hydrogens is 402 g/mol. The maximum atomic E-state index is 11.9. The fraction of sp³-hybridized carbons (Fsp3) is 0.864. The molecule has 0 aromatic heterocycles. The number of piperazine rings is 1. The van der Waals surface area contributed by atoms with Gasteiger partial charge in [0.05, 0.1) is 19.3 Å². The van der Waals surface area contributed by atoms with Gasteiger partial charge < -0.3 is 28.9 Å². The van der Waals surface area contributed by atoms with Crippen LogP contribution in [0.4, 0.5) is 9.59 Å². The average molecular weight is 440 g/mol. The molecule has 0 N–H and O–H groups in total. The first-order valence-corrected chi connectivity index (χ1v) is 11.1. The molecule has 9 heteroatoms. The number of carbonyl (C=O) groups excluding carboxylic acids is 3. The molecule has 0 radical (unpaired) electrons. The van der Waals surface area contributed by atoms with Gasteiger partial charge in [-0.15, -0.1) is 0 Å². The van der Waals surface area contributed by atoms with Crippen molar-refractivity contribution in [3.63, 3.8) is 0 Å². The fourth-order valence-electron chi connectivity index (χ4n) is 4.66. The van der Waals surface area contributed by atoms with E-state index in [0.29, 0.717) is 43.7 Å². The SMILES string of the molecule is CC(C)(C)OC(=O)N1CCN(C(=O)OC(C)(C)C)CC1.O=CN1C2CCC23COCC13. The largest absolute Gasteiger partial charge is 0.444 e. The highest BCUT2D eigenvalue weighted by atomic mass is 16.6. The number of likely N-dealkylation sites (tertiary alicyclic amines) is 1. The predicted octanol–water partition coefficient (Wildman–Crippen LogP) is 2.48. The van der Waals surface area contributed by atoms with Crippen LogP contribution in [-0.2, 0) is 19.0 Å². The second-order valence-electron chi connectivity index (χ2n) is 10.8. The minimum atomic E-state index is -0.501. The average Bonchev–Trinajstić information content (AvgIpc) is 3.07. The van der Waals surface area contributed by atoms with E-state index in [1.165, 1.54) is 12.8 Å². The summed E-state index contributed by atoms with van der Waals surface area (Å²) in [6, 6.07) is 0.964. The van der Waals surface area contributed by atoms with E-state index in [-0.39, 0.29) is 12.2 Å². The van der Waals surface area contributed by atoms with Crippen LogP contribution < -0.4 is 0 Å². The smallest absolute Gasteiger partial charge is 0.410 e. The monoisotopic (exact) mass is 439 g/mol. The summed E-state index contributed by atoms with van der Waals surface area (Å²) in [4.78, 5) is 39.5. The summed E-state index contributed by atoms with van der Waals surface area (Å²) >= 11 is 0. The Kier molecular flexibility index (Phi) is 6.47. The minimum absolute atomic E-state index is 0.332. The Labute approximate surface area is 184 Å². The first-order valence-electron chi connectivity index (χ1n) is 11.1. The Morgan fingerprint density at radius 3 is 1.74 bits per heavy atom. The number of hydrogen-bond donors (Lipinski definition) is 0. The van der Waals surface area contributed by atoms with Crippen molar-refractivity contribution < 1.29 is 28.6 Å². The van der Waals surface area contributed by atoms with Crippen LogP contribution in [0.25, 0.3) is 0 Å². The maximum Gasteiger partial charge on any atom is 0.410 e. The zero-order chi connectivity index (χ0) is 23.0. The summed E-state index contributed by atoms with van der Waals surface area (Å²) < 4.78 is 16.0. The van der Waals surface area contributed by atoms with Crippen molar-refractivity contribution in [2.24, 2.45) is 5.41 Å². The topological polar surface area (TPSA) is 88.6 Å². The summed E-state index contributed by atoms with van der Waals surface area (Å²) in [7, 11) is 0. The lowest BCUT2D eigenvalue weighted by Crippen LogP contribution is -2.75. The molecule has 1 saturated carbocycles. The normalized spacial score (nSPS) is 29.4. The number of piperidine rings is 1. The third-order valence-electron chi connectivity index (χ3n) is 6.28. The van der Waals surface area contributed by atoms with E-state index in [9.17, 15) is 14.4 Å². The van der Waals surface area contributed by atoms with Crippen molar-refractivity contribution in [3.8, 4) is 0 Å². The number of nitrogens with zero attached hydrogens (tertiary/aromatic N) is 3. The molecule has 31 heavy (non-hydrogen) atoms. The first kappa shape index (κ1) is 23.6. The van der Waals surface area contributed by atoms with Gasteiger partial charge in [0.25, 0.3) is 0 Å². The Bertz CT molecular complexity index is 656. The Balaban J connectivity index is 0.000000204. The lowest BCUT2D eigenvalue weighted by Gasteiger charge is -2.65. The molecule has 3 atom stereocenters. The van der Waals surface area contributed by atoms with E-state index >= 15 is 0 Å². The number of amides is 3. The highest BCUT2D eigenvalue weighted by Gasteiger charge is 2.68. The van der Waals surface area contributed by atoms with Gasteiger partial charge in [0, 0.05) is 37.6 Å². The zero-order valence-electron chi connectivity index (χ0n) is 19.7. The summed E-state index contributed by atoms with van der Waals surface area (Å²) in [5.74, 6) is 0. The van der Waals surface area contributed by atoms with E-state index in [4.69, 9.17) is 14.2 Å². The van der Waals surface area contributed by atoms with Crippen molar-refractivity contribution in [2.45, 2.75) is 77.7 Å². The molecule has 0 aromatic rings. The molecule has 3 saturated heterocycles. The molecule has 3 heterocycles. The minimum Gasteiger partial charge on any atom is -0.444 e. The molecule has 0 aromatic carbocycles. The van der Waals surface area contributed by atoms with Gasteiger partial charge in [0.1, 0.15) is 11.2 Å². The van der Waals surface area contributed by atoms with E-state index in [0.717, 1.165) is 19.6 Å². The number of hydrogen-bond acceptors (Lipinski definition) is 6.